The molecule has 0 unspecified atom stereocenters. The predicted octanol–water partition coefficient (Wildman–Crippen LogP) is -3.76. The van der Waals surface area contributed by atoms with E-state index in [-0.39, 0.29) is 19.2 Å². The first-order valence-corrected chi connectivity index (χ1v) is 4.88. The molecule has 0 aromatic carbocycles. The van der Waals surface area contributed by atoms with Crippen LogP contribution in [-0.2, 0) is 4.57 Å². The van der Waals surface area contributed by atoms with Crippen molar-refractivity contribution < 1.29 is 34.6 Å². The van der Waals surface area contributed by atoms with Gasteiger partial charge in [0.05, 0.1) is 13.2 Å². The molecule has 0 saturated carbocycles. The summed E-state index contributed by atoms with van der Waals surface area (Å²) >= 11 is 0. The highest BCUT2D eigenvalue weighted by atomic mass is 31.2. The minimum Gasteiger partial charge on any atom is -0.394 e. The van der Waals surface area contributed by atoms with E-state index in [1.54, 1.807) is 0 Å². The summed E-state index contributed by atoms with van der Waals surface area (Å²) in [4.78, 5) is 21.6. The van der Waals surface area contributed by atoms with Gasteiger partial charge in [0.1, 0.15) is 6.10 Å². The number of nitrogens with two attached hydrogens (primary N) is 2. The quantitative estimate of drug-likeness (QED) is 0.133. The summed E-state index contributed by atoms with van der Waals surface area (Å²) in [5.74, 6) is -0.333. The van der Waals surface area contributed by atoms with Gasteiger partial charge in [-0.2, -0.15) is 0 Å². The number of aliphatic hydroxyl groups excluding tert-OH is 3. The molecule has 0 aliphatic heterocycles. The maximum Gasteiger partial charge on any atom is 0.466 e. The summed E-state index contributed by atoms with van der Waals surface area (Å²) in [5, 5.41) is 30.1. The molecule has 0 amide bonds. The van der Waals surface area contributed by atoms with E-state index in [2.05, 4.69) is 11.5 Å². The molecule has 0 aromatic rings. The first-order chi connectivity index (χ1) is 6.54. The maximum absolute atomic E-state index is 8.88. The van der Waals surface area contributed by atoms with Gasteiger partial charge in [0.25, 0.3) is 0 Å². The van der Waals surface area contributed by atoms with Crippen LogP contribution in [0.2, 0.25) is 0 Å². The van der Waals surface area contributed by atoms with E-state index in [0.29, 0.717) is 0 Å². The van der Waals surface area contributed by atoms with Crippen molar-refractivity contribution in [2.24, 2.45) is 11.5 Å². The number of hydrogen-bond donors (Lipinski definition) is 9. The molecule has 0 fully saturated rings. The second-order valence-corrected chi connectivity index (χ2v) is 3.01. The van der Waals surface area contributed by atoms with Gasteiger partial charge >= 0.3 is 7.82 Å². The van der Waals surface area contributed by atoms with Crippen LogP contribution in [0.25, 0.3) is 0 Å². The second-order valence-electron chi connectivity index (χ2n) is 1.99. The lowest BCUT2D eigenvalue weighted by molar-refractivity contribution is 0.0450. The lowest BCUT2D eigenvalue weighted by Crippen LogP contribution is -2.20. The Labute approximate surface area is 85.5 Å². The van der Waals surface area contributed by atoms with Crippen LogP contribution in [0.4, 0.5) is 0 Å². The van der Waals surface area contributed by atoms with Crippen LogP contribution in [0.3, 0.4) is 0 Å². The summed E-state index contributed by atoms with van der Waals surface area (Å²) in [6, 6.07) is 0. The fraction of sp³-hybridized carbons (Fsp3) is 0.750. The van der Waals surface area contributed by atoms with Crippen molar-refractivity contribution in [2.45, 2.75) is 6.10 Å². The largest absolute Gasteiger partial charge is 0.466 e. The predicted molar refractivity (Wildman–Crippen MR) is 50.5 cm³/mol. The van der Waals surface area contributed by atoms with Gasteiger partial charge in [-0.05, 0) is 0 Å². The van der Waals surface area contributed by atoms with Crippen molar-refractivity contribution in [3.63, 3.8) is 0 Å². The lowest BCUT2D eigenvalue weighted by Gasteiger charge is -1.96. The average Bonchev–Trinajstić information content (AvgIpc) is 1.99. The van der Waals surface area contributed by atoms with Crippen molar-refractivity contribution in [2.75, 3.05) is 13.2 Å². The third-order valence-corrected chi connectivity index (χ3v) is 0.421. The van der Waals surface area contributed by atoms with Gasteiger partial charge in [-0.3, -0.25) is 5.41 Å². The Morgan fingerprint density at radius 2 is 1.33 bits per heavy atom. The zero-order valence-electron chi connectivity index (χ0n) is 7.69. The highest BCUT2D eigenvalue weighted by Crippen LogP contribution is 2.25. The van der Waals surface area contributed by atoms with Crippen LogP contribution in [0.1, 0.15) is 0 Å². The van der Waals surface area contributed by atoms with Crippen LogP contribution in [0.15, 0.2) is 0 Å². The van der Waals surface area contributed by atoms with Gasteiger partial charge in [0, 0.05) is 0 Å². The number of hydrogen-bond acceptors (Lipinski definition) is 5. The maximum atomic E-state index is 8.88. The molecule has 0 aromatic heterocycles. The zero-order valence-corrected chi connectivity index (χ0v) is 8.58. The third kappa shape index (κ3) is 158. The van der Waals surface area contributed by atoms with E-state index in [9.17, 15) is 0 Å². The summed E-state index contributed by atoms with van der Waals surface area (Å²) in [5.41, 5.74) is 8.94. The third-order valence-electron chi connectivity index (χ3n) is 0.421. The van der Waals surface area contributed by atoms with Crippen LogP contribution < -0.4 is 11.5 Å². The molecule has 0 spiro atoms. The van der Waals surface area contributed by atoms with E-state index < -0.39 is 13.9 Å². The van der Waals surface area contributed by atoms with Crippen LogP contribution in [-0.4, -0.2) is 55.3 Å². The van der Waals surface area contributed by atoms with E-state index in [0.717, 1.165) is 0 Å². The standard InChI is InChI=1S/C3H8O3.CH5N3.H3O4P/c4-1-3(6)2-5;2-1(3)4;1-5(2,3)4/h3-6H,1-2H2;(H5,2,3,4);(H3,1,2,3,4). The van der Waals surface area contributed by atoms with E-state index in [1.165, 1.54) is 0 Å². The van der Waals surface area contributed by atoms with E-state index >= 15 is 0 Å². The molecule has 0 bridgehead atoms. The van der Waals surface area contributed by atoms with Crippen LogP contribution >= 0.6 is 7.82 Å². The van der Waals surface area contributed by atoms with Crippen molar-refractivity contribution in [3.8, 4) is 0 Å². The second kappa shape index (κ2) is 11.3. The van der Waals surface area contributed by atoms with Crippen molar-refractivity contribution >= 4 is 13.8 Å². The Bertz CT molecular complexity index is 178. The first kappa shape index (κ1) is 19.8. The molecular formula is C4H16N3O7P. The Morgan fingerprint density at radius 1 is 1.20 bits per heavy atom. The Morgan fingerprint density at radius 3 is 1.33 bits per heavy atom. The Kier molecular flexibility index (Phi) is 14.9. The Hall–Kier alpha value is -0.740. The van der Waals surface area contributed by atoms with Gasteiger partial charge in [0.15, 0.2) is 5.96 Å². The number of aliphatic hydroxyl groups is 3. The highest BCUT2D eigenvalue weighted by molar-refractivity contribution is 7.45. The number of nitrogens with one attached hydrogen (secondary N) is 1. The summed E-state index contributed by atoms with van der Waals surface area (Å²) < 4.78 is 8.88. The molecule has 0 aliphatic rings. The van der Waals surface area contributed by atoms with E-state index in [4.69, 9.17) is 40.0 Å². The molecule has 0 atom stereocenters. The smallest absolute Gasteiger partial charge is 0.394 e. The SMILES string of the molecule is N=C(N)N.O=P(O)(O)O.OCC(O)CO. The normalized spacial score (nSPS) is 9.53. The van der Waals surface area contributed by atoms with Crippen molar-refractivity contribution in [3.05, 3.63) is 0 Å². The summed E-state index contributed by atoms with van der Waals surface area (Å²) in [6.07, 6.45) is -0.954. The average molecular weight is 249 g/mol. The molecule has 0 heterocycles. The fourth-order valence-electron chi connectivity index (χ4n) is 0.0577. The monoisotopic (exact) mass is 249 g/mol. The highest BCUT2D eigenvalue weighted by Gasteiger charge is 2.00. The van der Waals surface area contributed by atoms with Gasteiger partial charge in [-0.25, -0.2) is 4.57 Å². The zero-order chi connectivity index (χ0) is 13.1. The molecule has 11 N–H and O–H groups in total. The molecule has 0 radical (unpaired) electrons. The number of guanidine groups is 1. The molecule has 11 heteroatoms. The van der Waals surface area contributed by atoms with E-state index in [1.807, 2.05) is 0 Å². The van der Waals surface area contributed by atoms with Gasteiger partial charge < -0.3 is 41.5 Å². The van der Waals surface area contributed by atoms with Gasteiger partial charge in [-0.15, -0.1) is 0 Å². The Balaban J connectivity index is -0.000000147. The molecular weight excluding hydrogens is 233 g/mol. The molecule has 0 aliphatic carbocycles. The molecule has 0 rings (SSSR count). The number of rotatable bonds is 2. The molecule has 94 valence electrons. The van der Waals surface area contributed by atoms with Crippen molar-refractivity contribution in [1.29, 1.82) is 5.41 Å². The topological polar surface area (TPSA) is 214 Å². The summed E-state index contributed by atoms with van der Waals surface area (Å²) in [6.45, 7) is -0.729. The molecule has 0 saturated heterocycles. The van der Waals surface area contributed by atoms with Gasteiger partial charge in [0.2, 0.25) is 0 Å². The minimum atomic E-state index is -4.64. The van der Waals surface area contributed by atoms with Crippen molar-refractivity contribution in [1.82, 2.24) is 0 Å². The summed E-state index contributed by atoms with van der Waals surface area (Å²) in [7, 11) is -4.64. The van der Waals surface area contributed by atoms with Gasteiger partial charge in [-0.1, -0.05) is 0 Å². The molecule has 15 heavy (non-hydrogen) atoms. The lowest BCUT2D eigenvalue weighted by atomic mass is 10.4. The first-order valence-electron chi connectivity index (χ1n) is 3.32. The number of phosphoric acid groups is 1. The minimum absolute atomic E-state index is 0.333. The van der Waals surface area contributed by atoms with Crippen LogP contribution in [0, 0.1) is 5.41 Å². The molecule has 10 nitrogen and oxygen atoms in total. The van der Waals surface area contributed by atoms with Crippen LogP contribution in [0.5, 0.6) is 0 Å². The fourth-order valence-corrected chi connectivity index (χ4v) is 0.0577.